The molecule has 0 aromatic heterocycles. The van der Waals surface area contributed by atoms with Gasteiger partial charge in [-0.2, -0.15) is 0 Å². The molecule has 0 fully saturated rings. The topological polar surface area (TPSA) is 98.0 Å². The van der Waals surface area contributed by atoms with Gasteiger partial charge in [0.25, 0.3) is 0 Å². The van der Waals surface area contributed by atoms with Crippen LogP contribution in [0.15, 0.2) is 60.8 Å². The zero-order valence-corrected chi connectivity index (χ0v) is 14.7. The van der Waals surface area contributed by atoms with Crippen LogP contribution in [0.2, 0.25) is 0 Å². The molecule has 0 heterocycles. The minimum atomic E-state index is -0.906. The predicted octanol–water partition coefficient (Wildman–Crippen LogP) is 2.91. The van der Waals surface area contributed by atoms with Crippen LogP contribution < -0.4 is 0 Å². The smallest absolute Gasteiger partial charge is 0.303 e. The summed E-state index contributed by atoms with van der Waals surface area (Å²) >= 11 is 0. The molecule has 140 valence electrons. The van der Waals surface area contributed by atoms with Crippen molar-refractivity contribution in [1.82, 2.24) is 0 Å². The summed E-state index contributed by atoms with van der Waals surface area (Å²) < 4.78 is 0. The lowest BCUT2D eigenvalue weighted by molar-refractivity contribution is -0.137. The zero-order chi connectivity index (χ0) is 18.9. The maximum Gasteiger partial charge on any atom is 0.303 e. The van der Waals surface area contributed by atoms with Crippen molar-refractivity contribution >= 4 is 5.97 Å². The van der Waals surface area contributed by atoms with E-state index in [0.29, 0.717) is 19.3 Å². The molecule has 0 aromatic carbocycles. The van der Waals surface area contributed by atoms with Gasteiger partial charge in [0, 0.05) is 6.42 Å². The molecule has 5 nitrogen and oxygen atoms in total. The standard InChI is InChI=1S/C20H30O5/c1-2-3-8-14-18(22)19(23)15-10-7-5-4-6-9-12-17(21)13-11-16-20(24)25/h3-10,12,15,17-19,21-23H,2,11,13-14,16H2,1H3,(H,24,25)/b6-4-,7-5+,8-3-,12-9+,15-10+/t17-,18+,19+/m0/s1. The van der Waals surface area contributed by atoms with Gasteiger partial charge in [0.15, 0.2) is 0 Å². The molecule has 0 spiro atoms. The quantitative estimate of drug-likeness (QED) is 0.302. The summed E-state index contributed by atoms with van der Waals surface area (Å²) in [6, 6.07) is 0. The first kappa shape index (κ1) is 23.1. The summed E-state index contributed by atoms with van der Waals surface area (Å²) in [7, 11) is 0. The van der Waals surface area contributed by atoms with E-state index in [4.69, 9.17) is 5.11 Å². The largest absolute Gasteiger partial charge is 0.481 e. The van der Waals surface area contributed by atoms with Crippen LogP contribution in [0, 0.1) is 0 Å². The lowest BCUT2D eigenvalue weighted by Crippen LogP contribution is -2.22. The molecule has 0 aromatic rings. The monoisotopic (exact) mass is 350 g/mol. The van der Waals surface area contributed by atoms with E-state index < -0.39 is 24.3 Å². The van der Waals surface area contributed by atoms with Crippen molar-refractivity contribution in [2.75, 3.05) is 0 Å². The van der Waals surface area contributed by atoms with Crippen molar-refractivity contribution in [3.05, 3.63) is 60.8 Å². The Labute approximate surface area is 150 Å². The molecule has 0 amide bonds. The molecule has 3 atom stereocenters. The lowest BCUT2D eigenvalue weighted by Gasteiger charge is -2.11. The third-order valence-electron chi connectivity index (χ3n) is 3.26. The summed E-state index contributed by atoms with van der Waals surface area (Å²) in [5.74, 6) is -0.857. The first-order valence-corrected chi connectivity index (χ1v) is 8.56. The van der Waals surface area contributed by atoms with Crippen LogP contribution in [0.5, 0.6) is 0 Å². The molecule has 0 aliphatic heterocycles. The number of carbonyl (C=O) groups is 1. The molecule has 4 N–H and O–H groups in total. The third kappa shape index (κ3) is 15.3. The van der Waals surface area contributed by atoms with Gasteiger partial charge in [0.1, 0.15) is 0 Å². The highest BCUT2D eigenvalue weighted by atomic mass is 16.4. The van der Waals surface area contributed by atoms with Gasteiger partial charge in [-0.25, -0.2) is 0 Å². The normalized spacial score (nSPS) is 16.6. The highest BCUT2D eigenvalue weighted by Crippen LogP contribution is 2.03. The van der Waals surface area contributed by atoms with Crippen LogP contribution >= 0.6 is 0 Å². The van der Waals surface area contributed by atoms with Crippen LogP contribution in [0.25, 0.3) is 0 Å². The van der Waals surface area contributed by atoms with E-state index in [1.54, 1.807) is 42.5 Å². The molecule has 5 heteroatoms. The average Bonchev–Trinajstić information content (AvgIpc) is 2.56. The fourth-order valence-electron chi connectivity index (χ4n) is 1.86. The highest BCUT2D eigenvalue weighted by molar-refractivity contribution is 5.66. The molecule has 0 aliphatic carbocycles. The van der Waals surface area contributed by atoms with E-state index in [1.165, 1.54) is 6.08 Å². The number of allylic oxidation sites excluding steroid dienone is 7. The Morgan fingerprint density at radius 2 is 1.52 bits per heavy atom. The van der Waals surface area contributed by atoms with E-state index in [0.717, 1.165) is 6.42 Å². The van der Waals surface area contributed by atoms with Crippen LogP contribution in [0.4, 0.5) is 0 Å². The molecule has 0 saturated carbocycles. The van der Waals surface area contributed by atoms with Crippen molar-refractivity contribution in [3.8, 4) is 0 Å². The van der Waals surface area contributed by atoms with E-state index in [-0.39, 0.29) is 6.42 Å². The SMILES string of the molecule is CC/C=C\C[C@@H](O)[C@H](O)/C=C/C=C/C=C\C=C\[C@H](O)CCCC(=O)O. The van der Waals surface area contributed by atoms with E-state index in [9.17, 15) is 20.1 Å². The molecular weight excluding hydrogens is 320 g/mol. The first-order chi connectivity index (χ1) is 12.0. The van der Waals surface area contributed by atoms with Gasteiger partial charge < -0.3 is 20.4 Å². The predicted molar refractivity (Wildman–Crippen MR) is 100 cm³/mol. The van der Waals surface area contributed by atoms with E-state index in [1.807, 2.05) is 19.1 Å². The first-order valence-electron chi connectivity index (χ1n) is 8.56. The minimum absolute atomic E-state index is 0.0608. The van der Waals surface area contributed by atoms with Gasteiger partial charge >= 0.3 is 5.97 Å². The number of aliphatic carboxylic acids is 1. The molecular formula is C20H30O5. The van der Waals surface area contributed by atoms with Gasteiger partial charge in [-0.3, -0.25) is 4.79 Å². The van der Waals surface area contributed by atoms with Gasteiger partial charge in [-0.05, 0) is 25.7 Å². The number of carboxylic acid groups (broad SMARTS) is 1. The molecule has 25 heavy (non-hydrogen) atoms. The number of aliphatic hydroxyl groups is 3. The second-order valence-corrected chi connectivity index (χ2v) is 5.57. The summed E-state index contributed by atoms with van der Waals surface area (Å²) in [4.78, 5) is 10.3. The van der Waals surface area contributed by atoms with Crippen molar-refractivity contribution in [1.29, 1.82) is 0 Å². The zero-order valence-electron chi connectivity index (χ0n) is 14.7. The maximum absolute atomic E-state index is 10.3. The Bertz CT molecular complexity index is 488. The summed E-state index contributed by atoms with van der Waals surface area (Å²) in [5, 5.41) is 37.5. The molecule has 0 radical (unpaired) electrons. The van der Waals surface area contributed by atoms with Gasteiger partial charge in [0.05, 0.1) is 18.3 Å². The number of hydrogen-bond donors (Lipinski definition) is 4. The van der Waals surface area contributed by atoms with Gasteiger partial charge in [0.2, 0.25) is 0 Å². The van der Waals surface area contributed by atoms with Crippen LogP contribution in [0.1, 0.15) is 39.0 Å². The Kier molecular flexibility index (Phi) is 14.4. The maximum atomic E-state index is 10.3. The Morgan fingerprint density at radius 1 is 0.920 bits per heavy atom. The van der Waals surface area contributed by atoms with Crippen LogP contribution in [-0.4, -0.2) is 44.7 Å². The number of rotatable bonds is 13. The fraction of sp³-hybridized carbons (Fsp3) is 0.450. The minimum Gasteiger partial charge on any atom is -0.481 e. The highest BCUT2D eigenvalue weighted by Gasteiger charge is 2.10. The summed E-state index contributed by atoms with van der Waals surface area (Å²) in [5.41, 5.74) is 0. The number of carboxylic acids is 1. The van der Waals surface area contributed by atoms with Crippen LogP contribution in [0.3, 0.4) is 0 Å². The van der Waals surface area contributed by atoms with Crippen molar-refractivity contribution in [2.45, 2.75) is 57.3 Å². The molecule has 0 saturated heterocycles. The van der Waals surface area contributed by atoms with E-state index >= 15 is 0 Å². The van der Waals surface area contributed by atoms with E-state index in [2.05, 4.69) is 0 Å². The second-order valence-electron chi connectivity index (χ2n) is 5.57. The molecule has 0 bridgehead atoms. The summed E-state index contributed by atoms with van der Waals surface area (Å²) in [6.45, 7) is 2.01. The molecule has 0 rings (SSSR count). The van der Waals surface area contributed by atoms with Gasteiger partial charge in [-0.15, -0.1) is 0 Å². The van der Waals surface area contributed by atoms with Gasteiger partial charge in [-0.1, -0.05) is 67.7 Å². The summed E-state index contributed by atoms with van der Waals surface area (Å²) in [6.07, 6.45) is 17.1. The third-order valence-corrected chi connectivity index (χ3v) is 3.26. The van der Waals surface area contributed by atoms with Crippen molar-refractivity contribution in [2.24, 2.45) is 0 Å². The molecule has 0 aliphatic rings. The Balaban J connectivity index is 4.01. The Morgan fingerprint density at radius 3 is 2.12 bits per heavy atom. The van der Waals surface area contributed by atoms with Crippen molar-refractivity contribution in [3.63, 3.8) is 0 Å². The van der Waals surface area contributed by atoms with Crippen LogP contribution in [-0.2, 0) is 4.79 Å². The number of aliphatic hydroxyl groups excluding tert-OH is 3. The molecule has 0 unspecified atom stereocenters. The second kappa shape index (κ2) is 15.6. The average molecular weight is 350 g/mol. The van der Waals surface area contributed by atoms with Crippen molar-refractivity contribution < 1.29 is 25.2 Å². The fourth-order valence-corrected chi connectivity index (χ4v) is 1.86. The number of hydrogen-bond acceptors (Lipinski definition) is 4. The lowest BCUT2D eigenvalue weighted by atomic mass is 10.1. The Hall–Kier alpha value is -1.95.